The van der Waals surface area contributed by atoms with E-state index in [1.54, 1.807) is 19.2 Å². The number of thiazole rings is 1. The van der Waals surface area contributed by atoms with Gasteiger partial charge in [-0.05, 0) is 31.0 Å². The Labute approximate surface area is 118 Å². The number of methoxy groups -OCH3 is 1. The molecule has 0 saturated heterocycles. The van der Waals surface area contributed by atoms with Crippen molar-refractivity contribution < 1.29 is 19.4 Å². The Kier molecular flexibility index (Phi) is 2.86. The van der Waals surface area contributed by atoms with Gasteiger partial charge >= 0.3 is 5.97 Å². The van der Waals surface area contributed by atoms with E-state index in [4.69, 9.17) is 9.84 Å². The maximum Gasteiger partial charge on any atom is 0.319 e. The molecular weight excluding hydrogens is 280 g/mol. The SMILES string of the molecule is COc1ccc2nc(NC(=O)C3(C(=O)O)CC3)sc2c1. The van der Waals surface area contributed by atoms with Crippen LogP contribution in [0, 0.1) is 5.41 Å². The van der Waals surface area contributed by atoms with Gasteiger partial charge in [0.15, 0.2) is 5.13 Å². The molecule has 3 rings (SSSR count). The Balaban J connectivity index is 1.85. The number of nitrogens with one attached hydrogen (secondary N) is 1. The van der Waals surface area contributed by atoms with E-state index < -0.39 is 17.3 Å². The molecule has 2 aromatic rings. The highest BCUT2D eigenvalue weighted by Gasteiger charge is 2.57. The fourth-order valence-corrected chi connectivity index (χ4v) is 2.85. The van der Waals surface area contributed by atoms with Gasteiger partial charge in [-0.3, -0.25) is 9.59 Å². The van der Waals surface area contributed by atoms with E-state index in [0.29, 0.717) is 23.7 Å². The third-order valence-electron chi connectivity index (χ3n) is 3.41. The molecule has 7 heteroatoms. The lowest BCUT2D eigenvalue weighted by Gasteiger charge is -2.07. The molecular formula is C13H12N2O4S. The first kappa shape index (κ1) is 12.9. The summed E-state index contributed by atoms with van der Waals surface area (Å²) in [6.45, 7) is 0. The van der Waals surface area contributed by atoms with Crippen molar-refractivity contribution in [1.29, 1.82) is 0 Å². The van der Waals surface area contributed by atoms with Crippen LogP contribution in [0.15, 0.2) is 18.2 Å². The first-order valence-electron chi connectivity index (χ1n) is 6.04. The van der Waals surface area contributed by atoms with Crippen molar-refractivity contribution in [3.05, 3.63) is 18.2 Å². The number of nitrogens with zero attached hydrogens (tertiary/aromatic N) is 1. The Morgan fingerprint density at radius 3 is 2.80 bits per heavy atom. The van der Waals surface area contributed by atoms with Crippen molar-refractivity contribution in [3.63, 3.8) is 0 Å². The van der Waals surface area contributed by atoms with Crippen molar-refractivity contribution in [2.24, 2.45) is 5.41 Å². The first-order valence-corrected chi connectivity index (χ1v) is 6.86. The number of carbonyl (C=O) groups excluding carboxylic acids is 1. The molecule has 0 bridgehead atoms. The number of carboxylic acid groups (broad SMARTS) is 1. The van der Waals surface area contributed by atoms with Crippen LogP contribution in [0.2, 0.25) is 0 Å². The minimum absolute atomic E-state index is 0.382. The average molecular weight is 292 g/mol. The van der Waals surface area contributed by atoms with Crippen LogP contribution < -0.4 is 10.1 Å². The van der Waals surface area contributed by atoms with E-state index in [9.17, 15) is 9.59 Å². The molecule has 1 amide bonds. The van der Waals surface area contributed by atoms with E-state index in [-0.39, 0.29) is 0 Å². The second kappa shape index (κ2) is 4.45. The topological polar surface area (TPSA) is 88.5 Å². The number of rotatable bonds is 4. The summed E-state index contributed by atoms with van der Waals surface area (Å²) in [6.07, 6.45) is 0.764. The normalized spacial score (nSPS) is 15.8. The number of carboxylic acids is 1. The van der Waals surface area contributed by atoms with Crippen molar-refractivity contribution in [2.45, 2.75) is 12.8 Å². The molecule has 0 spiro atoms. The summed E-state index contributed by atoms with van der Waals surface area (Å²) >= 11 is 1.29. The van der Waals surface area contributed by atoms with Crippen molar-refractivity contribution in [1.82, 2.24) is 4.98 Å². The maximum absolute atomic E-state index is 12.0. The molecule has 1 aliphatic rings. The van der Waals surface area contributed by atoms with Crippen molar-refractivity contribution >= 4 is 38.6 Å². The highest BCUT2D eigenvalue weighted by molar-refractivity contribution is 7.22. The van der Waals surface area contributed by atoms with Crippen LogP contribution in [0.25, 0.3) is 10.2 Å². The van der Waals surface area contributed by atoms with Gasteiger partial charge in [-0.15, -0.1) is 0 Å². The van der Waals surface area contributed by atoms with Gasteiger partial charge in [0.2, 0.25) is 5.91 Å². The molecule has 1 aromatic heterocycles. The van der Waals surface area contributed by atoms with E-state index in [1.807, 2.05) is 6.07 Å². The standard InChI is InChI=1S/C13H12N2O4S/c1-19-7-2-3-8-9(6-7)20-12(14-8)15-10(16)13(4-5-13)11(17)18/h2-3,6H,4-5H2,1H3,(H,17,18)(H,14,15,16). The van der Waals surface area contributed by atoms with Gasteiger partial charge in [-0.1, -0.05) is 11.3 Å². The van der Waals surface area contributed by atoms with E-state index >= 15 is 0 Å². The molecule has 0 atom stereocenters. The number of hydrogen-bond donors (Lipinski definition) is 2. The smallest absolute Gasteiger partial charge is 0.319 e. The lowest BCUT2D eigenvalue weighted by atomic mass is 10.1. The van der Waals surface area contributed by atoms with Gasteiger partial charge in [0.1, 0.15) is 11.2 Å². The van der Waals surface area contributed by atoms with Crippen LogP contribution in [0.3, 0.4) is 0 Å². The number of hydrogen-bond acceptors (Lipinski definition) is 5. The van der Waals surface area contributed by atoms with Gasteiger partial charge in [0.05, 0.1) is 17.3 Å². The number of fused-ring (bicyclic) bond motifs is 1. The van der Waals surface area contributed by atoms with Gasteiger partial charge in [-0.25, -0.2) is 4.98 Å². The van der Waals surface area contributed by atoms with Gasteiger partial charge < -0.3 is 15.2 Å². The summed E-state index contributed by atoms with van der Waals surface area (Å²) in [5, 5.41) is 12.1. The Morgan fingerprint density at radius 2 is 2.20 bits per heavy atom. The summed E-state index contributed by atoms with van der Waals surface area (Å²) in [5.41, 5.74) is -0.513. The van der Waals surface area contributed by atoms with Crippen LogP contribution in [-0.2, 0) is 9.59 Å². The maximum atomic E-state index is 12.0. The molecule has 1 fully saturated rings. The molecule has 0 aliphatic heterocycles. The zero-order chi connectivity index (χ0) is 14.3. The number of aliphatic carboxylic acids is 1. The molecule has 104 valence electrons. The number of anilines is 1. The first-order chi connectivity index (χ1) is 9.55. The highest BCUT2D eigenvalue weighted by Crippen LogP contribution is 2.47. The summed E-state index contributed by atoms with van der Waals surface area (Å²) in [7, 11) is 1.58. The van der Waals surface area contributed by atoms with Crippen LogP contribution in [-0.4, -0.2) is 29.1 Å². The zero-order valence-corrected chi connectivity index (χ0v) is 11.5. The second-order valence-electron chi connectivity index (χ2n) is 4.69. The third kappa shape index (κ3) is 2.00. The van der Waals surface area contributed by atoms with Crippen molar-refractivity contribution in [2.75, 3.05) is 12.4 Å². The molecule has 1 saturated carbocycles. The Morgan fingerprint density at radius 1 is 1.45 bits per heavy atom. The number of aromatic nitrogens is 1. The van der Waals surface area contributed by atoms with E-state index in [0.717, 1.165) is 10.2 Å². The molecule has 0 unspecified atom stereocenters. The van der Waals surface area contributed by atoms with Crippen LogP contribution in [0.4, 0.5) is 5.13 Å². The minimum atomic E-state index is -1.25. The zero-order valence-electron chi connectivity index (χ0n) is 10.7. The lowest BCUT2D eigenvalue weighted by Crippen LogP contribution is -2.31. The lowest BCUT2D eigenvalue weighted by molar-refractivity contribution is -0.147. The Bertz CT molecular complexity index is 705. The number of amides is 1. The van der Waals surface area contributed by atoms with E-state index in [2.05, 4.69) is 10.3 Å². The summed E-state index contributed by atoms with van der Waals surface area (Å²) in [6, 6.07) is 5.41. The molecule has 1 aliphatic carbocycles. The number of ether oxygens (including phenoxy) is 1. The quantitative estimate of drug-likeness (QED) is 0.842. The number of carbonyl (C=O) groups is 2. The van der Waals surface area contributed by atoms with E-state index in [1.165, 1.54) is 11.3 Å². The molecule has 0 radical (unpaired) electrons. The minimum Gasteiger partial charge on any atom is -0.497 e. The van der Waals surface area contributed by atoms with Gasteiger partial charge in [-0.2, -0.15) is 0 Å². The van der Waals surface area contributed by atoms with Crippen LogP contribution >= 0.6 is 11.3 Å². The summed E-state index contributed by atoms with van der Waals surface area (Å²) in [5.74, 6) is -0.850. The fourth-order valence-electron chi connectivity index (χ4n) is 1.97. The second-order valence-corrected chi connectivity index (χ2v) is 5.72. The van der Waals surface area contributed by atoms with Gasteiger partial charge in [0, 0.05) is 0 Å². The molecule has 20 heavy (non-hydrogen) atoms. The predicted molar refractivity (Wildman–Crippen MR) is 74.1 cm³/mol. The molecule has 2 N–H and O–H groups in total. The van der Waals surface area contributed by atoms with Gasteiger partial charge in [0.25, 0.3) is 0 Å². The predicted octanol–water partition coefficient (Wildman–Crippen LogP) is 2.11. The third-order valence-corrected chi connectivity index (χ3v) is 4.34. The fraction of sp³-hybridized carbons (Fsp3) is 0.308. The van der Waals surface area contributed by atoms with Crippen LogP contribution in [0.5, 0.6) is 5.75 Å². The highest BCUT2D eigenvalue weighted by atomic mass is 32.1. The average Bonchev–Trinajstić information content (AvgIpc) is 3.14. The molecule has 1 heterocycles. The largest absolute Gasteiger partial charge is 0.497 e. The molecule has 1 aromatic carbocycles. The van der Waals surface area contributed by atoms with Crippen LogP contribution in [0.1, 0.15) is 12.8 Å². The Hall–Kier alpha value is -2.15. The summed E-state index contributed by atoms with van der Waals surface area (Å²) in [4.78, 5) is 27.3. The monoisotopic (exact) mass is 292 g/mol. The number of benzene rings is 1. The summed E-state index contributed by atoms with van der Waals surface area (Å²) < 4.78 is 6.00. The van der Waals surface area contributed by atoms with Crippen molar-refractivity contribution in [3.8, 4) is 5.75 Å². The molecule has 6 nitrogen and oxygen atoms in total.